The van der Waals surface area contributed by atoms with Crippen LogP contribution in [0.5, 0.6) is 0 Å². The van der Waals surface area contributed by atoms with E-state index < -0.39 is 25.9 Å². The summed E-state index contributed by atoms with van der Waals surface area (Å²) in [6, 6.07) is 5.85. The van der Waals surface area contributed by atoms with Gasteiger partial charge in [-0.15, -0.1) is 0 Å². The van der Waals surface area contributed by atoms with Crippen molar-refractivity contribution in [3.8, 4) is 0 Å². The minimum atomic E-state index is -3.26. The predicted molar refractivity (Wildman–Crippen MR) is 76.7 cm³/mol. The van der Waals surface area contributed by atoms with Crippen molar-refractivity contribution in [1.82, 2.24) is 0 Å². The second-order valence-corrected chi connectivity index (χ2v) is 8.25. The molecular weight excluding hydrogens is 300 g/mol. The van der Waals surface area contributed by atoms with E-state index in [1.807, 2.05) is 0 Å². The average molecular weight is 318 g/mol. The van der Waals surface area contributed by atoms with Crippen LogP contribution in [0.3, 0.4) is 0 Å². The van der Waals surface area contributed by atoms with E-state index in [1.165, 1.54) is 24.3 Å². The molecule has 0 N–H and O–H groups in total. The number of hydrogen-bond donors (Lipinski definition) is 0. The summed E-state index contributed by atoms with van der Waals surface area (Å²) >= 11 is 0. The number of benzene rings is 1. The maximum atomic E-state index is 12.2. The molecule has 2 atom stereocenters. The summed E-state index contributed by atoms with van der Waals surface area (Å²) in [5, 5.41) is -0.391. The summed E-state index contributed by atoms with van der Waals surface area (Å²) in [4.78, 5) is 12.0. The van der Waals surface area contributed by atoms with Crippen molar-refractivity contribution in [2.45, 2.75) is 35.3 Å². The molecule has 0 radical (unpaired) electrons. The molecule has 0 saturated carbocycles. The first-order chi connectivity index (χ1) is 9.25. The van der Waals surface area contributed by atoms with Crippen LogP contribution in [0.25, 0.3) is 0 Å². The van der Waals surface area contributed by atoms with Gasteiger partial charge in [0.05, 0.1) is 28.7 Å². The van der Waals surface area contributed by atoms with Crippen molar-refractivity contribution < 1.29 is 22.2 Å². The molecule has 7 heteroatoms. The van der Waals surface area contributed by atoms with E-state index in [4.69, 9.17) is 4.74 Å². The van der Waals surface area contributed by atoms with E-state index in [1.54, 1.807) is 13.8 Å². The number of ether oxygens (including phenoxy) is 1. The molecule has 5 nitrogen and oxygen atoms in total. The first-order valence-corrected chi connectivity index (χ1v) is 9.22. The molecule has 112 valence electrons. The summed E-state index contributed by atoms with van der Waals surface area (Å²) in [5.41, 5.74) is 0. The fraction of sp³-hybridized carbons (Fsp3) is 0.462. The first-order valence-electron chi connectivity index (χ1n) is 6.12. The normalized spacial score (nSPS) is 14.6. The highest BCUT2D eigenvalue weighted by Crippen LogP contribution is 2.17. The number of rotatable bonds is 6. The lowest BCUT2D eigenvalue weighted by Gasteiger charge is -2.11. The molecule has 0 amide bonds. The van der Waals surface area contributed by atoms with E-state index in [9.17, 15) is 17.4 Å². The molecule has 0 aliphatic rings. The third kappa shape index (κ3) is 4.72. The van der Waals surface area contributed by atoms with Gasteiger partial charge < -0.3 is 4.74 Å². The van der Waals surface area contributed by atoms with Gasteiger partial charge in [0.1, 0.15) is 0 Å². The van der Waals surface area contributed by atoms with Crippen LogP contribution in [-0.4, -0.2) is 36.7 Å². The zero-order chi connectivity index (χ0) is 15.3. The molecular formula is C13H18O5S2. The fourth-order valence-corrected chi connectivity index (χ4v) is 3.37. The Balaban J connectivity index is 2.80. The van der Waals surface area contributed by atoms with Gasteiger partial charge in [-0.25, -0.2) is 8.42 Å². The van der Waals surface area contributed by atoms with Crippen molar-refractivity contribution >= 4 is 26.6 Å². The van der Waals surface area contributed by atoms with Crippen LogP contribution < -0.4 is 0 Å². The van der Waals surface area contributed by atoms with Crippen molar-refractivity contribution in [3.05, 3.63) is 24.3 Å². The van der Waals surface area contributed by atoms with Crippen LogP contribution in [0.4, 0.5) is 0 Å². The highest BCUT2D eigenvalue weighted by atomic mass is 32.2. The summed E-state index contributed by atoms with van der Waals surface area (Å²) < 4.78 is 39.7. The molecule has 0 aliphatic carbocycles. The number of sulfone groups is 1. The smallest absolute Gasteiger partial charge is 0.306 e. The van der Waals surface area contributed by atoms with E-state index >= 15 is 0 Å². The molecule has 0 bridgehead atoms. The van der Waals surface area contributed by atoms with Gasteiger partial charge in [-0.3, -0.25) is 9.00 Å². The number of hydrogen-bond acceptors (Lipinski definition) is 5. The van der Waals surface area contributed by atoms with Gasteiger partial charge in [-0.05, 0) is 38.1 Å². The molecule has 0 spiro atoms. The monoisotopic (exact) mass is 318 g/mol. The lowest BCUT2D eigenvalue weighted by Crippen LogP contribution is -2.18. The highest BCUT2D eigenvalue weighted by Gasteiger charge is 2.18. The molecule has 0 fully saturated rings. The standard InChI is InChI=1S/C13H18O5S2/c1-4-18-13(14)9-10(2)19(15)11-5-7-12(8-6-11)20(3,16)17/h5-8,10H,4,9H2,1-3H3. The Morgan fingerprint density at radius 3 is 2.30 bits per heavy atom. The topological polar surface area (TPSA) is 77.5 Å². The number of esters is 1. The van der Waals surface area contributed by atoms with E-state index in [0.29, 0.717) is 11.5 Å². The third-order valence-electron chi connectivity index (χ3n) is 2.61. The third-order valence-corrected chi connectivity index (χ3v) is 5.37. The SMILES string of the molecule is CCOC(=O)CC(C)S(=O)c1ccc(S(C)(=O)=O)cc1. The Morgan fingerprint density at radius 2 is 1.85 bits per heavy atom. The molecule has 2 unspecified atom stereocenters. The fourth-order valence-electron chi connectivity index (χ4n) is 1.58. The van der Waals surface area contributed by atoms with Crippen LogP contribution in [-0.2, 0) is 30.2 Å². The molecule has 0 saturated heterocycles. The largest absolute Gasteiger partial charge is 0.466 e. The van der Waals surface area contributed by atoms with Gasteiger partial charge in [0, 0.05) is 16.4 Å². The van der Waals surface area contributed by atoms with Crippen LogP contribution >= 0.6 is 0 Å². The quantitative estimate of drug-likeness (QED) is 0.744. The van der Waals surface area contributed by atoms with Crippen molar-refractivity contribution in [2.24, 2.45) is 0 Å². The van der Waals surface area contributed by atoms with Crippen LogP contribution in [0, 0.1) is 0 Å². The number of carbonyl (C=O) groups excluding carboxylic acids is 1. The maximum Gasteiger partial charge on any atom is 0.306 e. The summed E-state index contributed by atoms with van der Waals surface area (Å²) in [6.07, 6.45) is 1.18. The molecule has 0 aliphatic heterocycles. The number of carbonyl (C=O) groups is 1. The van der Waals surface area contributed by atoms with Crippen molar-refractivity contribution in [3.63, 3.8) is 0 Å². The highest BCUT2D eigenvalue weighted by molar-refractivity contribution is 7.90. The van der Waals surface area contributed by atoms with Gasteiger partial charge in [0.2, 0.25) is 0 Å². The molecule has 0 aromatic heterocycles. The Labute approximate surface area is 121 Å². The van der Waals surface area contributed by atoms with Crippen LogP contribution in [0.15, 0.2) is 34.1 Å². The summed E-state index contributed by atoms with van der Waals surface area (Å²) in [5.74, 6) is -0.388. The Kier molecular flexibility index (Phi) is 5.88. The van der Waals surface area contributed by atoms with Crippen LogP contribution in [0.1, 0.15) is 20.3 Å². The summed E-state index contributed by atoms with van der Waals surface area (Å²) in [7, 11) is -4.65. The molecule has 1 aromatic rings. The lowest BCUT2D eigenvalue weighted by atomic mass is 10.3. The maximum absolute atomic E-state index is 12.2. The zero-order valence-corrected chi connectivity index (χ0v) is 13.3. The second-order valence-electron chi connectivity index (χ2n) is 4.36. The van der Waals surface area contributed by atoms with Gasteiger partial charge in [0.15, 0.2) is 9.84 Å². The molecule has 1 rings (SSSR count). The van der Waals surface area contributed by atoms with E-state index in [-0.39, 0.29) is 17.3 Å². The van der Waals surface area contributed by atoms with Gasteiger partial charge in [-0.1, -0.05) is 0 Å². The lowest BCUT2D eigenvalue weighted by molar-refractivity contribution is -0.143. The molecule has 0 heterocycles. The Bertz CT molecular complexity index is 590. The van der Waals surface area contributed by atoms with Gasteiger partial charge in [-0.2, -0.15) is 0 Å². The van der Waals surface area contributed by atoms with E-state index in [0.717, 1.165) is 6.26 Å². The minimum Gasteiger partial charge on any atom is -0.466 e. The Hall–Kier alpha value is -1.21. The van der Waals surface area contributed by atoms with Crippen LogP contribution in [0.2, 0.25) is 0 Å². The molecule has 20 heavy (non-hydrogen) atoms. The zero-order valence-electron chi connectivity index (χ0n) is 11.7. The predicted octanol–water partition coefficient (Wildman–Crippen LogP) is 1.54. The van der Waals surface area contributed by atoms with Crippen molar-refractivity contribution in [2.75, 3.05) is 12.9 Å². The van der Waals surface area contributed by atoms with Gasteiger partial charge >= 0.3 is 5.97 Å². The molecule has 1 aromatic carbocycles. The summed E-state index contributed by atoms with van der Waals surface area (Å²) in [6.45, 7) is 3.70. The van der Waals surface area contributed by atoms with Gasteiger partial charge in [0.25, 0.3) is 0 Å². The second kappa shape index (κ2) is 6.99. The Morgan fingerprint density at radius 1 is 1.30 bits per heavy atom. The first kappa shape index (κ1) is 16.8. The average Bonchev–Trinajstić information content (AvgIpc) is 2.37. The van der Waals surface area contributed by atoms with E-state index in [2.05, 4.69) is 0 Å². The minimum absolute atomic E-state index is 0.0638. The van der Waals surface area contributed by atoms with Crippen molar-refractivity contribution in [1.29, 1.82) is 0 Å².